The molecule has 1 saturated heterocycles. The molecule has 0 radical (unpaired) electrons. The highest BCUT2D eigenvalue weighted by molar-refractivity contribution is 5.33. The minimum absolute atomic E-state index is 0.207. The molecule has 2 heterocycles. The van der Waals surface area contributed by atoms with Crippen LogP contribution in [0.5, 0.6) is 5.88 Å². The molecule has 16 heavy (non-hydrogen) atoms. The van der Waals surface area contributed by atoms with Crippen LogP contribution in [-0.4, -0.2) is 36.2 Å². The van der Waals surface area contributed by atoms with Gasteiger partial charge in [0.1, 0.15) is 0 Å². The summed E-state index contributed by atoms with van der Waals surface area (Å²) in [4.78, 5) is 10.7. The van der Waals surface area contributed by atoms with Crippen LogP contribution in [-0.2, 0) is 0 Å². The Hall–Kier alpha value is -1.36. The van der Waals surface area contributed by atoms with Crippen molar-refractivity contribution in [2.24, 2.45) is 11.7 Å². The Morgan fingerprint density at radius 3 is 3.00 bits per heavy atom. The third-order valence-corrected chi connectivity index (χ3v) is 2.80. The maximum absolute atomic E-state index is 5.99. The standard InChI is InChI=1S/C11H18N4O/c1-8-5-9(12)7-15(6-8)11-13-4-3-10(14-11)16-2/h3-4,8-9H,5-7,12H2,1-2H3. The minimum Gasteiger partial charge on any atom is -0.481 e. The molecule has 1 aromatic heterocycles. The smallest absolute Gasteiger partial charge is 0.228 e. The molecule has 1 fully saturated rings. The third-order valence-electron chi connectivity index (χ3n) is 2.80. The second-order valence-electron chi connectivity index (χ2n) is 4.40. The first-order valence-corrected chi connectivity index (χ1v) is 5.56. The van der Waals surface area contributed by atoms with E-state index in [0.717, 1.165) is 19.5 Å². The van der Waals surface area contributed by atoms with Gasteiger partial charge in [-0.3, -0.25) is 0 Å². The summed E-state index contributed by atoms with van der Waals surface area (Å²) in [5.74, 6) is 1.89. The molecule has 5 nitrogen and oxygen atoms in total. The van der Waals surface area contributed by atoms with E-state index in [1.165, 1.54) is 0 Å². The van der Waals surface area contributed by atoms with Gasteiger partial charge in [-0.25, -0.2) is 4.98 Å². The van der Waals surface area contributed by atoms with Crippen molar-refractivity contribution in [1.29, 1.82) is 0 Å². The summed E-state index contributed by atoms with van der Waals surface area (Å²) in [6.07, 6.45) is 2.78. The number of nitrogens with two attached hydrogens (primary N) is 1. The lowest BCUT2D eigenvalue weighted by Crippen LogP contribution is -2.47. The van der Waals surface area contributed by atoms with Crippen molar-refractivity contribution >= 4 is 5.95 Å². The van der Waals surface area contributed by atoms with Crippen LogP contribution in [0.25, 0.3) is 0 Å². The molecule has 5 heteroatoms. The number of ether oxygens (including phenoxy) is 1. The minimum atomic E-state index is 0.207. The van der Waals surface area contributed by atoms with Crippen LogP contribution in [0.2, 0.25) is 0 Å². The molecule has 0 aliphatic carbocycles. The predicted molar refractivity (Wildman–Crippen MR) is 62.6 cm³/mol. The van der Waals surface area contributed by atoms with E-state index in [-0.39, 0.29) is 6.04 Å². The van der Waals surface area contributed by atoms with Crippen LogP contribution >= 0.6 is 0 Å². The fourth-order valence-electron chi connectivity index (χ4n) is 2.16. The number of methoxy groups -OCH3 is 1. The van der Waals surface area contributed by atoms with Crippen LogP contribution in [0, 0.1) is 5.92 Å². The number of aromatic nitrogens is 2. The van der Waals surface area contributed by atoms with E-state index in [2.05, 4.69) is 21.8 Å². The highest BCUT2D eigenvalue weighted by atomic mass is 16.5. The molecule has 1 aliphatic heterocycles. The van der Waals surface area contributed by atoms with E-state index >= 15 is 0 Å². The Labute approximate surface area is 95.6 Å². The average Bonchev–Trinajstić information content (AvgIpc) is 2.28. The zero-order valence-electron chi connectivity index (χ0n) is 9.76. The van der Waals surface area contributed by atoms with Crippen molar-refractivity contribution < 1.29 is 4.74 Å². The van der Waals surface area contributed by atoms with Crippen LogP contribution in [0.3, 0.4) is 0 Å². The first-order chi connectivity index (χ1) is 7.69. The molecule has 0 aromatic carbocycles. The number of rotatable bonds is 2. The Morgan fingerprint density at radius 2 is 2.31 bits per heavy atom. The lowest BCUT2D eigenvalue weighted by atomic mass is 9.97. The first-order valence-electron chi connectivity index (χ1n) is 5.56. The highest BCUT2D eigenvalue weighted by Gasteiger charge is 2.23. The molecule has 0 spiro atoms. The molecule has 2 N–H and O–H groups in total. The van der Waals surface area contributed by atoms with Gasteiger partial charge in [0.15, 0.2) is 0 Å². The van der Waals surface area contributed by atoms with E-state index in [1.807, 2.05) is 0 Å². The molecule has 88 valence electrons. The summed E-state index contributed by atoms with van der Waals surface area (Å²) in [7, 11) is 1.61. The molecule has 1 aromatic rings. The molecule has 2 atom stereocenters. The molecule has 0 saturated carbocycles. The van der Waals surface area contributed by atoms with Gasteiger partial charge in [0.05, 0.1) is 7.11 Å². The van der Waals surface area contributed by atoms with Gasteiger partial charge in [-0.15, -0.1) is 0 Å². The van der Waals surface area contributed by atoms with Gasteiger partial charge in [0, 0.05) is 31.4 Å². The number of hydrogen-bond donors (Lipinski definition) is 1. The molecule has 2 rings (SSSR count). The lowest BCUT2D eigenvalue weighted by Gasteiger charge is -2.34. The Morgan fingerprint density at radius 1 is 1.50 bits per heavy atom. The van der Waals surface area contributed by atoms with E-state index in [0.29, 0.717) is 17.7 Å². The van der Waals surface area contributed by atoms with Crippen LogP contribution in [0.1, 0.15) is 13.3 Å². The van der Waals surface area contributed by atoms with Crippen LogP contribution < -0.4 is 15.4 Å². The van der Waals surface area contributed by atoms with Crippen molar-refractivity contribution in [3.63, 3.8) is 0 Å². The maximum atomic E-state index is 5.99. The van der Waals surface area contributed by atoms with Gasteiger partial charge in [0.2, 0.25) is 11.8 Å². The zero-order chi connectivity index (χ0) is 11.5. The van der Waals surface area contributed by atoms with Gasteiger partial charge < -0.3 is 15.4 Å². The monoisotopic (exact) mass is 222 g/mol. The molecular weight excluding hydrogens is 204 g/mol. The number of piperidine rings is 1. The fourth-order valence-corrected chi connectivity index (χ4v) is 2.16. The topological polar surface area (TPSA) is 64.3 Å². The maximum Gasteiger partial charge on any atom is 0.228 e. The second kappa shape index (κ2) is 4.65. The van der Waals surface area contributed by atoms with Gasteiger partial charge in [-0.05, 0) is 12.3 Å². The summed E-state index contributed by atoms with van der Waals surface area (Å²) in [6.45, 7) is 3.98. The van der Waals surface area contributed by atoms with Crippen molar-refractivity contribution in [3.8, 4) is 5.88 Å². The van der Waals surface area contributed by atoms with E-state index in [1.54, 1.807) is 19.4 Å². The van der Waals surface area contributed by atoms with Crippen LogP contribution in [0.15, 0.2) is 12.3 Å². The second-order valence-corrected chi connectivity index (χ2v) is 4.40. The van der Waals surface area contributed by atoms with Gasteiger partial charge in [-0.1, -0.05) is 6.92 Å². The normalized spacial score (nSPS) is 25.6. The van der Waals surface area contributed by atoms with Gasteiger partial charge in [0.25, 0.3) is 0 Å². The SMILES string of the molecule is COc1ccnc(N2CC(C)CC(N)C2)n1. The largest absolute Gasteiger partial charge is 0.481 e. The van der Waals surface area contributed by atoms with Gasteiger partial charge in [-0.2, -0.15) is 4.98 Å². The van der Waals surface area contributed by atoms with E-state index in [9.17, 15) is 0 Å². The van der Waals surface area contributed by atoms with Crippen molar-refractivity contribution in [3.05, 3.63) is 12.3 Å². The van der Waals surface area contributed by atoms with Crippen molar-refractivity contribution in [2.75, 3.05) is 25.1 Å². The summed E-state index contributed by atoms with van der Waals surface area (Å²) in [5.41, 5.74) is 5.99. The lowest BCUT2D eigenvalue weighted by molar-refractivity contribution is 0.384. The Kier molecular flexibility index (Phi) is 3.24. The fraction of sp³-hybridized carbons (Fsp3) is 0.636. The summed E-state index contributed by atoms with van der Waals surface area (Å²) in [5, 5.41) is 0. The quantitative estimate of drug-likeness (QED) is 0.796. The summed E-state index contributed by atoms with van der Waals surface area (Å²) in [6, 6.07) is 1.95. The first kappa shape index (κ1) is 11.1. The number of hydrogen-bond acceptors (Lipinski definition) is 5. The molecule has 0 bridgehead atoms. The predicted octanol–water partition coefficient (Wildman–Crippen LogP) is 0.659. The van der Waals surface area contributed by atoms with Gasteiger partial charge >= 0.3 is 0 Å². The Balaban J connectivity index is 2.16. The van der Waals surface area contributed by atoms with E-state index < -0.39 is 0 Å². The van der Waals surface area contributed by atoms with Crippen LogP contribution in [0.4, 0.5) is 5.95 Å². The van der Waals surface area contributed by atoms with Crippen molar-refractivity contribution in [2.45, 2.75) is 19.4 Å². The average molecular weight is 222 g/mol. The number of anilines is 1. The summed E-state index contributed by atoms with van der Waals surface area (Å²) >= 11 is 0. The highest BCUT2D eigenvalue weighted by Crippen LogP contribution is 2.20. The number of nitrogens with zero attached hydrogens (tertiary/aromatic N) is 3. The molecule has 0 amide bonds. The molecular formula is C11H18N4O. The third kappa shape index (κ3) is 2.41. The van der Waals surface area contributed by atoms with E-state index in [4.69, 9.17) is 10.5 Å². The zero-order valence-corrected chi connectivity index (χ0v) is 9.76. The molecule has 2 unspecified atom stereocenters. The Bertz CT molecular complexity index is 348. The molecule has 1 aliphatic rings. The van der Waals surface area contributed by atoms with Crippen molar-refractivity contribution in [1.82, 2.24) is 9.97 Å². The summed E-state index contributed by atoms with van der Waals surface area (Å²) < 4.78 is 5.09.